The molecular formula is C20H26N2O5. The van der Waals surface area contributed by atoms with Crippen molar-refractivity contribution in [3.05, 3.63) is 40.3 Å². The number of fused-ring (bicyclic) bond motifs is 1. The van der Waals surface area contributed by atoms with Crippen molar-refractivity contribution >= 4 is 5.97 Å². The molecule has 1 aliphatic heterocycles. The van der Waals surface area contributed by atoms with Gasteiger partial charge < -0.3 is 18.7 Å². The maximum atomic E-state index is 12.1. The highest BCUT2D eigenvalue weighted by atomic mass is 16.5. The third-order valence-corrected chi connectivity index (χ3v) is 5.24. The minimum atomic E-state index is -0.244. The summed E-state index contributed by atoms with van der Waals surface area (Å²) in [6.45, 7) is 5.33. The van der Waals surface area contributed by atoms with Crippen molar-refractivity contribution in [3.63, 3.8) is 0 Å². The van der Waals surface area contributed by atoms with Crippen molar-refractivity contribution in [2.75, 3.05) is 27.9 Å². The van der Waals surface area contributed by atoms with Gasteiger partial charge in [0.25, 0.3) is 0 Å². The number of nitrogens with zero attached hydrogens (tertiary/aromatic N) is 2. The molecule has 0 aliphatic carbocycles. The van der Waals surface area contributed by atoms with Gasteiger partial charge in [-0.2, -0.15) is 0 Å². The van der Waals surface area contributed by atoms with Gasteiger partial charge in [0.15, 0.2) is 11.5 Å². The third kappa shape index (κ3) is 3.78. The fraction of sp³-hybridized carbons (Fsp3) is 0.500. The van der Waals surface area contributed by atoms with Gasteiger partial charge in [-0.15, -0.1) is 0 Å². The molecule has 0 spiro atoms. The number of esters is 1. The minimum absolute atomic E-state index is 0.116. The normalized spacial score (nSPS) is 16.7. The highest BCUT2D eigenvalue weighted by Crippen LogP contribution is 2.40. The number of hydrogen-bond donors (Lipinski definition) is 0. The van der Waals surface area contributed by atoms with Gasteiger partial charge in [-0.1, -0.05) is 5.16 Å². The molecule has 1 aromatic carbocycles. The Hall–Kier alpha value is -2.54. The lowest BCUT2D eigenvalue weighted by molar-refractivity contribution is -0.142. The molecule has 27 heavy (non-hydrogen) atoms. The van der Waals surface area contributed by atoms with Crippen LogP contribution in [0.25, 0.3) is 0 Å². The number of rotatable bonds is 6. The van der Waals surface area contributed by atoms with Crippen molar-refractivity contribution in [2.24, 2.45) is 0 Å². The zero-order valence-corrected chi connectivity index (χ0v) is 16.5. The maximum absolute atomic E-state index is 12.1. The highest BCUT2D eigenvalue weighted by Gasteiger charge is 2.32. The first kappa shape index (κ1) is 19.2. The maximum Gasteiger partial charge on any atom is 0.307 e. The number of carbonyl (C=O) groups is 1. The first-order valence-corrected chi connectivity index (χ1v) is 8.95. The van der Waals surface area contributed by atoms with E-state index in [0.717, 1.165) is 41.1 Å². The van der Waals surface area contributed by atoms with E-state index < -0.39 is 0 Å². The summed E-state index contributed by atoms with van der Waals surface area (Å²) >= 11 is 0. The smallest absolute Gasteiger partial charge is 0.307 e. The highest BCUT2D eigenvalue weighted by molar-refractivity contribution is 5.70. The molecule has 146 valence electrons. The van der Waals surface area contributed by atoms with Crippen LogP contribution >= 0.6 is 0 Å². The van der Waals surface area contributed by atoms with Crippen molar-refractivity contribution in [1.29, 1.82) is 0 Å². The van der Waals surface area contributed by atoms with Gasteiger partial charge in [0.05, 0.1) is 33.4 Å². The van der Waals surface area contributed by atoms with Crippen LogP contribution in [0.15, 0.2) is 16.7 Å². The molecule has 0 radical (unpaired) electrons. The lowest BCUT2D eigenvalue weighted by Gasteiger charge is -2.37. The molecule has 2 heterocycles. The van der Waals surface area contributed by atoms with Gasteiger partial charge in [-0.3, -0.25) is 9.69 Å². The van der Waals surface area contributed by atoms with E-state index in [9.17, 15) is 4.79 Å². The number of benzene rings is 1. The molecular weight excluding hydrogens is 348 g/mol. The quantitative estimate of drug-likeness (QED) is 0.720. The van der Waals surface area contributed by atoms with E-state index in [1.165, 1.54) is 7.11 Å². The van der Waals surface area contributed by atoms with Gasteiger partial charge in [0.2, 0.25) is 0 Å². The summed E-state index contributed by atoms with van der Waals surface area (Å²) in [5, 5.41) is 4.05. The van der Waals surface area contributed by atoms with Gasteiger partial charge in [-0.25, -0.2) is 0 Å². The predicted molar refractivity (Wildman–Crippen MR) is 99.0 cm³/mol. The van der Waals surface area contributed by atoms with Crippen LogP contribution in [0.4, 0.5) is 0 Å². The van der Waals surface area contributed by atoms with E-state index in [1.807, 2.05) is 26.0 Å². The van der Waals surface area contributed by atoms with E-state index in [0.29, 0.717) is 18.0 Å². The second kappa shape index (κ2) is 8.00. The second-order valence-corrected chi connectivity index (χ2v) is 6.73. The molecule has 0 saturated carbocycles. The lowest BCUT2D eigenvalue weighted by Crippen LogP contribution is -2.36. The monoisotopic (exact) mass is 374 g/mol. The molecule has 2 aromatic rings. The van der Waals surface area contributed by atoms with Crippen LogP contribution in [0.2, 0.25) is 0 Å². The van der Waals surface area contributed by atoms with E-state index in [1.54, 1.807) is 14.2 Å². The Labute approximate surface area is 159 Å². The summed E-state index contributed by atoms with van der Waals surface area (Å²) < 4.78 is 21.2. The Balaban J connectivity index is 1.99. The number of hydrogen-bond acceptors (Lipinski definition) is 7. The molecule has 0 N–H and O–H groups in total. The van der Waals surface area contributed by atoms with Crippen molar-refractivity contribution in [2.45, 2.75) is 39.3 Å². The zero-order chi connectivity index (χ0) is 19.6. The molecule has 3 rings (SSSR count). The van der Waals surface area contributed by atoms with Gasteiger partial charge in [0.1, 0.15) is 5.76 Å². The van der Waals surface area contributed by atoms with Crippen molar-refractivity contribution in [3.8, 4) is 11.5 Å². The Morgan fingerprint density at radius 3 is 2.52 bits per heavy atom. The fourth-order valence-corrected chi connectivity index (χ4v) is 3.68. The van der Waals surface area contributed by atoms with Gasteiger partial charge >= 0.3 is 5.97 Å². The summed E-state index contributed by atoms with van der Waals surface area (Å²) in [6.07, 6.45) is 1.12. The van der Waals surface area contributed by atoms with Crippen LogP contribution in [0, 0.1) is 13.8 Å². The number of aromatic nitrogens is 1. The van der Waals surface area contributed by atoms with E-state index in [2.05, 4.69) is 10.1 Å². The lowest BCUT2D eigenvalue weighted by atomic mass is 9.89. The predicted octanol–water partition coefficient (Wildman–Crippen LogP) is 2.97. The molecule has 7 heteroatoms. The Morgan fingerprint density at radius 2 is 1.93 bits per heavy atom. The molecule has 1 aromatic heterocycles. The van der Waals surface area contributed by atoms with Gasteiger partial charge in [0, 0.05) is 24.7 Å². The molecule has 7 nitrogen and oxygen atoms in total. The standard InChI is InChI=1S/C20H26N2O5/c1-12-16(13(2)27-21-12)11-22-7-6-14-8-18(24-3)19(25-4)9-15(14)17(22)10-20(23)26-5/h8-9,17H,6-7,10-11H2,1-5H3. The SMILES string of the molecule is COC(=O)CC1c2cc(OC)c(OC)cc2CCN1Cc1c(C)noc1C. The molecule has 0 fully saturated rings. The Kier molecular flexibility index (Phi) is 5.70. The van der Waals surface area contributed by atoms with E-state index >= 15 is 0 Å². The Bertz CT molecular complexity index is 811. The van der Waals surface area contributed by atoms with Gasteiger partial charge in [-0.05, 0) is 43.5 Å². The van der Waals surface area contributed by atoms with Crippen LogP contribution < -0.4 is 9.47 Å². The molecule has 0 saturated heterocycles. The van der Waals surface area contributed by atoms with Crippen LogP contribution in [-0.4, -0.2) is 43.9 Å². The topological polar surface area (TPSA) is 74.0 Å². The second-order valence-electron chi connectivity index (χ2n) is 6.73. The van der Waals surface area contributed by atoms with Crippen LogP contribution in [0.3, 0.4) is 0 Å². The average molecular weight is 374 g/mol. The van der Waals surface area contributed by atoms with Crippen molar-refractivity contribution < 1.29 is 23.5 Å². The van der Waals surface area contributed by atoms with Crippen LogP contribution in [0.5, 0.6) is 11.5 Å². The number of methoxy groups -OCH3 is 3. The Morgan fingerprint density at radius 1 is 1.22 bits per heavy atom. The van der Waals surface area contributed by atoms with E-state index in [4.69, 9.17) is 18.7 Å². The number of aryl methyl sites for hydroxylation is 2. The number of ether oxygens (including phenoxy) is 3. The third-order valence-electron chi connectivity index (χ3n) is 5.24. The summed E-state index contributed by atoms with van der Waals surface area (Å²) in [6, 6.07) is 3.86. The van der Waals surface area contributed by atoms with Crippen molar-refractivity contribution in [1.82, 2.24) is 10.1 Å². The average Bonchev–Trinajstić information content (AvgIpc) is 3.00. The zero-order valence-electron chi connectivity index (χ0n) is 16.5. The molecule has 0 amide bonds. The minimum Gasteiger partial charge on any atom is -0.493 e. The molecule has 0 bridgehead atoms. The molecule has 1 atom stereocenters. The first-order valence-electron chi connectivity index (χ1n) is 8.95. The van der Waals surface area contributed by atoms with Crippen LogP contribution in [-0.2, 0) is 22.5 Å². The summed E-state index contributed by atoms with van der Waals surface area (Å²) in [5.41, 5.74) is 4.17. The largest absolute Gasteiger partial charge is 0.493 e. The first-order chi connectivity index (χ1) is 13.0. The summed E-state index contributed by atoms with van der Waals surface area (Å²) in [4.78, 5) is 14.4. The summed E-state index contributed by atoms with van der Waals surface area (Å²) in [5.74, 6) is 1.92. The summed E-state index contributed by atoms with van der Waals surface area (Å²) in [7, 11) is 4.66. The fourth-order valence-electron chi connectivity index (χ4n) is 3.68. The number of carbonyl (C=O) groups excluding carboxylic acids is 1. The van der Waals surface area contributed by atoms with Crippen LogP contribution in [0.1, 0.15) is 40.6 Å². The molecule has 1 unspecified atom stereocenters. The van der Waals surface area contributed by atoms with E-state index in [-0.39, 0.29) is 18.4 Å². The molecule has 1 aliphatic rings.